The van der Waals surface area contributed by atoms with Crippen molar-refractivity contribution in [2.75, 3.05) is 0 Å². The van der Waals surface area contributed by atoms with E-state index >= 15 is 0 Å². The Bertz CT molecular complexity index is 3180. The molecule has 0 saturated carbocycles. The highest BCUT2D eigenvalue weighted by Crippen LogP contribution is 2.47. The third-order valence-corrected chi connectivity index (χ3v) is 9.19. The summed E-state index contributed by atoms with van der Waals surface area (Å²) in [7, 11) is 0. The van der Waals surface area contributed by atoms with Gasteiger partial charge in [0.1, 0.15) is 16.7 Å². The summed E-state index contributed by atoms with van der Waals surface area (Å²) < 4.78 is 84.5. The average Bonchev–Trinajstić information content (AvgIpc) is 3.83. The third kappa shape index (κ3) is 4.00. The Morgan fingerprint density at radius 3 is 1.52 bits per heavy atom. The molecule has 0 bridgehead atoms. The van der Waals surface area contributed by atoms with Gasteiger partial charge in [0.2, 0.25) is 0 Å². The van der Waals surface area contributed by atoms with Gasteiger partial charge in [-0.2, -0.15) is 0 Å². The number of furan rings is 2. The lowest BCUT2D eigenvalue weighted by molar-refractivity contribution is 0.618. The second-order valence-corrected chi connectivity index (χ2v) is 11.8. The van der Waals surface area contributed by atoms with Crippen LogP contribution >= 0.6 is 0 Å². The lowest BCUT2D eigenvalue weighted by Gasteiger charge is -2.18. The molecule has 0 fully saturated rings. The van der Waals surface area contributed by atoms with E-state index in [9.17, 15) is 5.48 Å². The molecule has 2 heterocycles. The van der Waals surface area contributed by atoms with Crippen LogP contribution in [0.15, 0.2) is 179 Å². The largest absolute Gasteiger partial charge is 0.463 e. The first-order chi connectivity index (χ1) is 27.2. The summed E-state index contributed by atoms with van der Waals surface area (Å²) in [5.41, 5.74) is 7.31. The number of rotatable bonds is 4. The zero-order valence-corrected chi connectivity index (χ0v) is 25.4. The first-order valence-corrected chi connectivity index (χ1v) is 15.7. The van der Waals surface area contributed by atoms with E-state index in [1.54, 1.807) is 30.5 Å². The molecule has 0 saturated heterocycles. The number of fused-ring (bicyclic) bond motifs is 6. The first kappa shape index (κ1) is 20.0. The highest BCUT2D eigenvalue weighted by atomic mass is 16.3. The maximum atomic E-state index is 9.25. The van der Waals surface area contributed by atoms with Crippen molar-refractivity contribution >= 4 is 54.5 Å². The average molecular weight is 621 g/mol. The van der Waals surface area contributed by atoms with Crippen LogP contribution in [0, 0.1) is 0 Å². The Morgan fingerprint density at radius 1 is 0.417 bits per heavy atom. The summed E-state index contributed by atoms with van der Waals surface area (Å²) in [6.07, 6.45) is 1.76. The standard InChI is InChI=1S/C46H28O2/c1-3-13-29(14-4-1)39-28-47-46-38(39)27-41-45(37-21-11-12-22-40(37)48-41)44(46)32-25-23-31(24-26-32)43-35-19-9-7-17-33(35)42(30-15-5-2-6-16-30)34-18-8-10-20-36(34)43/h1-28H/i7D,8D,9D,10D,17D,18D,19D,20D. The molecule has 2 aromatic heterocycles. The molecule has 0 unspecified atom stereocenters. The summed E-state index contributed by atoms with van der Waals surface area (Å²) in [6, 6.07) is 33.4. The summed E-state index contributed by atoms with van der Waals surface area (Å²) in [6.45, 7) is 0. The van der Waals surface area contributed by atoms with Gasteiger partial charge in [-0.15, -0.1) is 0 Å². The van der Waals surface area contributed by atoms with Crippen molar-refractivity contribution < 1.29 is 19.8 Å². The molecule has 0 amide bonds. The Hall–Kier alpha value is -6.38. The van der Waals surface area contributed by atoms with Crippen LogP contribution in [0.3, 0.4) is 0 Å². The van der Waals surface area contributed by atoms with Gasteiger partial charge in [0, 0.05) is 27.3 Å². The van der Waals surface area contributed by atoms with E-state index in [0.29, 0.717) is 33.4 Å². The normalized spacial score (nSPS) is 14.1. The molecule has 0 atom stereocenters. The Balaban J connectivity index is 1.31. The van der Waals surface area contributed by atoms with Crippen molar-refractivity contribution in [1.82, 2.24) is 0 Å². The van der Waals surface area contributed by atoms with Gasteiger partial charge in [-0.05, 0) is 67.1 Å². The minimum absolute atomic E-state index is 0.170. The van der Waals surface area contributed by atoms with E-state index in [-0.39, 0.29) is 45.7 Å². The molecule has 10 rings (SSSR count). The van der Waals surface area contributed by atoms with Gasteiger partial charge in [0.15, 0.2) is 0 Å². The molecule has 0 N–H and O–H groups in total. The summed E-state index contributed by atoms with van der Waals surface area (Å²) in [5, 5.41) is 3.37. The zero-order valence-electron chi connectivity index (χ0n) is 33.4. The van der Waals surface area contributed by atoms with E-state index in [4.69, 9.17) is 14.3 Å². The zero-order chi connectivity index (χ0) is 38.6. The number of benzene rings is 8. The van der Waals surface area contributed by atoms with Crippen molar-refractivity contribution in [2.45, 2.75) is 0 Å². The lowest BCUT2D eigenvalue weighted by Crippen LogP contribution is -1.91. The quantitative estimate of drug-likeness (QED) is 0.183. The Kier molecular flexibility index (Phi) is 4.41. The summed E-state index contributed by atoms with van der Waals surface area (Å²) >= 11 is 0. The van der Waals surface area contributed by atoms with Crippen molar-refractivity contribution in [3.05, 3.63) is 170 Å². The molecule has 10 aromatic rings. The van der Waals surface area contributed by atoms with E-state index < -0.39 is 24.2 Å². The summed E-state index contributed by atoms with van der Waals surface area (Å²) in [4.78, 5) is 0. The van der Waals surface area contributed by atoms with Gasteiger partial charge in [-0.1, -0.05) is 151 Å². The molecular formula is C46H28O2. The van der Waals surface area contributed by atoms with Gasteiger partial charge in [-0.3, -0.25) is 0 Å². The molecule has 48 heavy (non-hydrogen) atoms. The van der Waals surface area contributed by atoms with Gasteiger partial charge in [-0.25, -0.2) is 0 Å². The van der Waals surface area contributed by atoms with Gasteiger partial charge < -0.3 is 8.83 Å². The van der Waals surface area contributed by atoms with Crippen LogP contribution in [0.4, 0.5) is 0 Å². The van der Waals surface area contributed by atoms with Gasteiger partial charge >= 0.3 is 0 Å². The second kappa shape index (κ2) is 10.6. The van der Waals surface area contributed by atoms with Crippen LogP contribution in [0.2, 0.25) is 0 Å². The van der Waals surface area contributed by atoms with E-state index in [0.717, 1.165) is 44.0 Å². The molecule has 0 aliphatic heterocycles. The maximum Gasteiger partial charge on any atom is 0.143 e. The van der Waals surface area contributed by atoms with Crippen molar-refractivity contribution in [2.24, 2.45) is 0 Å². The monoisotopic (exact) mass is 620 g/mol. The number of hydrogen-bond acceptors (Lipinski definition) is 2. The fourth-order valence-corrected chi connectivity index (χ4v) is 7.10. The van der Waals surface area contributed by atoms with Crippen molar-refractivity contribution in [3.63, 3.8) is 0 Å². The summed E-state index contributed by atoms with van der Waals surface area (Å²) in [5.74, 6) is 0. The van der Waals surface area contributed by atoms with Crippen LogP contribution in [0.25, 0.3) is 99.0 Å². The van der Waals surface area contributed by atoms with Gasteiger partial charge in [0.05, 0.1) is 17.2 Å². The highest BCUT2D eigenvalue weighted by Gasteiger charge is 2.22. The van der Waals surface area contributed by atoms with Crippen LogP contribution < -0.4 is 0 Å². The molecular weight excluding hydrogens is 585 g/mol. The lowest BCUT2D eigenvalue weighted by atomic mass is 9.85. The maximum absolute atomic E-state index is 9.25. The van der Waals surface area contributed by atoms with E-state index in [1.165, 1.54) is 0 Å². The predicted octanol–water partition coefficient (Wildman–Crippen LogP) is 13.3. The molecule has 0 aliphatic carbocycles. The molecule has 0 radical (unpaired) electrons. The molecule has 2 heteroatoms. The Morgan fingerprint density at radius 2 is 0.917 bits per heavy atom. The van der Waals surface area contributed by atoms with Crippen LogP contribution in [-0.4, -0.2) is 0 Å². The fraction of sp³-hybridized carbons (Fsp3) is 0. The topological polar surface area (TPSA) is 26.3 Å². The first-order valence-electron chi connectivity index (χ1n) is 19.7. The molecule has 2 nitrogen and oxygen atoms in total. The molecule has 8 aromatic carbocycles. The minimum Gasteiger partial charge on any atom is -0.463 e. The minimum atomic E-state index is -0.437. The van der Waals surface area contributed by atoms with E-state index in [2.05, 4.69) is 0 Å². The van der Waals surface area contributed by atoms with Crippen LogP contribution in [0.5, 0.6) is 0 Å². The predicted molar refractivity (Wildman–Crippen MR) is 200 cm³/mol. The van der Waals surface area contributed by atoms with E-state index in [1.807, 2.05) is 91.0 Å². The number of hydrogen-bond donors (Lipinski definition) is 0. The Labute approximate surface area is 288 Å². The third-order valence-electron chi connectivity index (χ3n) is 9.19. The highest BCUT2D eigenvalue weighted by molar-refractivity contribution is 6.23. The smallest absolute Gasteiger partial charge is 0.143 e. The van der Waals surface area contributed by atoms with Crippen LogP contribution in [-0.2, 0) is 0 Å². The SMILES string of the molecule is [2H]c1c([2H])c([2H])c2c(-c3ccc(-c4c5occ(-c6ccccc6)c5cc5oc6ccccc6c45)cc3)c3c([2H])c([2H])c([2H])c([2H])c3c(-c3ccccc3)c2c1[2H]. The van der Waals surface area contributed by atoms with Crippen molar-refractivity contribution in [3.8, 4) is 44.5 Å². The van der Waals surface area contributed by atoms with Gasteiger partial charge in [0.25, 0.3) is 0 Å². The van der Waals surface area contributed by atoms with Crippen molar-refractivity contribution in [1.29, 1.82) is 0 Å². The fourth-order valence-electron chi connectivity index (χ4n) is 7.10. The molecule has 224 valence electrons. The van der Waals surface area contributed by atoms with Crippen LogP contribution in [0.1, 0.15) is 11.0 Å². The molecule has 0 spiro atoms. The second-order valence-electron chi connectivity index (χ2n) is 11.8. The number of para-hydroxylation sites is 1. The molecule has 0 aliphatic rings.